The van der Waals surface area contributed by atoms with Gasteiger partial charge in [-0.15, -0.1) is 11.3 Å². The molecule has 8 heteroatoms. The summed E-state index contributed by atoms with van der Waals surface area (Å²) in [4.78, 5) is 21.4. The van der Waals surface area contributed by atoms with Crippen LogP contribution >= 0.6 is 34.5 Å². The quantitative estimate of drug-likeness (QED) is 0.243. The predicted octanol–water partition coefficient (Wildman–Crippen LogP) is 7.25. The Kier molecular flexibility index (Phi) is 7.01. The van der Waals surface area contributed by atoms with Gasteiger partial charge in [-0.05, 0) is 69.0 Å². The number of aryl methyl sites for hydroxylation is 2. The van der Waals surface area contributed by atoms with E-state index in [1.807, 2.05) is 48.7 Å². The number of aliphatic imine (C=N–C) groups is 1. The van der Waals surface area contributed by atoms with Gasteiger partial charge in [0.25, 0.3) is 5.91 Å². The number of likely N-dealkylation sites (N-methyl/N-ethyl adjacent to an activating group) is 1. The molecule has 1 aliphatic heterocycles. The molecule has 0 spiro atoms. The molecule has 0 radical (unpaired) electrons. The van der Waals surface area contributed by atoms with E-state index in [2.05, 4.69) is 48.3 Å². The van der Waals surface area contributed by atoms with Crippen LogP contribution in [0, 0.1) is 0 Å². The highest BCUT2D eigenvalue weighted by Crippen LogP contribution is 2.38. The molecule has 2 aromatic carbocycles. The number of carbonyl (C=O) groups is 1. The fraction of sp³-hybridized carbons (Fsp3) is 0.276. The lowest BCUT2D eigenvalue weighted by Gasteiger charge is -2.27. The monoisotopic (exact) mass is 550 g/mol. The molecule has 0 aliphatic carbocycles. The average molecular weight is 552 g/mol. The molecule has 0 bridgehead atoms. The minimum Gasteiger partial charge on any atom is -0.343 e. The van der Waals surface area contributed by atoms with E-state index in [4.69, 9.17) is 28.3 Å². The van der Waals surface area contributed by atoms with E-state index in [1.54, 1.807) is 17.4 Å². The molecule has 2 aromatic heterocycles. The Morgan fingerprint density at radius 2 is 1.76 bits per heavy atom. The van der Waals surface area contributed by atoms with Crippen molar-refractivity contribution in [3.8, 4) is 16.3 Å². The van der Waals surface area contributed by atoms with Gasteiger partial charge in [0.2, 0.25) is 0 Å². The minimum absolute atomic E-state index is 0.174. The average Bonchev–Trinajstić information content (AvgIpc) is 3.55. The lowest BCUT2D eigenvalue weighted by Crippen LogP contribution is -2.44. The number of amides is 1. The van der Waals surface area contributed by atoms with Crippen molar-refractivity contribution in [3.63, 3.8) is 0 Å². The number of thiophene rings is 1. The van der Waals surface area contributed by atoms with Crippen molar-refractivity contribution >= 4 is 46.3 Å². The minimum atomic E-state index is -0.726. The number of hydrogen-bond donors (Lipinski definition) is 0. The number of carbonyl (C=O) groups excluding carboxylic acids is 1. The lowest BCUT2D eigenvalue weighted by atomic mass is 10.0. The summed E-state index contributed by atoms with van der Waals surface area (Å²) in [5.41, 5.74) is 4.01. The van der Waals surface area contributed by atoms with E-state index < -0.39 is 5.54 Å². The van der Waals surface area contributed by atoms with Crippen LogP contribution in [0.2, 0.25) is 10.0 Å². The normalized spacial score (nSPS) is 14.9. The maximum Gasteiger partial charge on any atom is 0.273 e. The number of rotatable bonds is 7. The molecule has 5 rings (SSSR count). The Labute approximate surface area is 231 Å². The third kappa shape index (κ3) is 4.74. The van der Waals surface area contributed by atoms with Crippen LogP contribution in [0.25, 0.3) is 16.3 Å². The number of nitrogens with zero attached hydrogens (tertiary/aromatic N) is 4. The van der Waals surface area contributed by atoms with Gasteiger partial charge in [-0.1, -0.05) is 60.5 Å². The topological polar surface area (TPSA) is 50.5 Å². The molecule has 3 heterocycles. The van der Waals surface area contributed by atoms with Crippen LogP contribution in [0.3, 0.4) is 0 Å². The van der Waals surface area contributed by atoms with E-state index in [1.165, 1.54) is 10.4 Å². The third-order valence-corrected chi connectivity index (χ3v) is 8.66. The van der Waals surface area contributed by atoms with Crippen LogP contribution in [-0.2, 0) is 24.1 Å². The van der Waals surface area contributed by atoms with Crippen molar-refractivity contribution in [3.05, 3.63) is 92.4 Å². The summed E-state index contributed by atoms with van der Waals surface area (Å²) >= 11 is 14.6. The second-order valence-corrected chi connectivity index (χ2v) is 11.7. The summed E-state index contributed by atoms with van der Waals surface area (Å²) in [5, 5.41) is 6.09. The fourth-order valence-electron chi connectivity index (χ4n) is 4.53. The number of aromatic nitrogens is 2. The molecule has 1 aliphatic rings. The standard InChI is InChI=1S/C29H28Cl2N4OS/c1-5-21-25(27-32-28(36)29(2,3)34(27)4)33-35(23-15-12-19(30)17-22(23)31)26(21)24-16-14-20(37-24)13-11-18-9-7-6-8-10-18/h6-10,12,14-17H,5,11,13H2,1-4H3. The summed E-state index contributed by atoms with van der Waals surface area (Å²) in [6.45, 7) is 5.86. The maximum atomic E-state index is 12.7. The molecule has 1 amide bonds. The zero-order chi connectivity index (χ0) is 26.3. The second-order valence-electron chi connectivity index (χ2n) is 9.65. The number of amidine groups is 1. The summed E-state index contributed by atoms with van der Waals surface area (Å²) in [7, 11) is 1.89. The second kappa shape index (κ2) is 10.1. The summed E-state index contributed by atoms with van der Waals surface area (Å²) in [6, 6.07) is 20.3. The van der Waals surface area contributed by atoms with Gasteiger partial charge in [-0.2, -0.15) is 10.1 Å². The molecule has 190 valence electrons. The van der Waals surface area contributed by atoms with Crippen molar-refractivity contribution in [1.29, 1.82) is 0 Å². The summed E-state index contributed by atoms with van der Waals surface area (Å²) in [6.07, 6.45) is 2.65. The first-order valence-corrected chi connectivity index (χ1v) is 13.9. The molecule has 0 saturated heterocycles. The maximum absolute atomic E-state index is 12.7. The molecule has 5 nitrogen and oxygen atoms in total. The first-order valence-electron chi connectivity index (χ1n) is 12.3. The largest absolute Gasteiger partial charge is 0.343 e. The van der Waals surface area contributed by atoms with E-state index in [9.17, 15) is 4.79 Å². The van der Waals surface area contributed by atoms with E-state index in [0.29, 0.717) is 28.0 Å². The molecular weight excluding hydrogens is 523 g/mol. The fourth-order valence-corrected chi connectivity index (χ4v) is 6.08. The molecule has 37 heavy (non-hydrogen) atoms. The van der Waals surface area contributed by atoms with Crippen molar-refractivity contribution in [1.82, 2.24) is 14.7 Å². The van der Waals surface area contributed by atoms with Crippen molar-refractivity contribution in [2.45, 2.75) is 45.6 Å². The Hall–Kier alpha value is -2.93. The Morgan fingerprint density at radius 3 is 2.41 bits per heavy atom. The zero-order valence-electron chi connectivity index (χ0n) is 21.3. The summed E-state index contributed by atoms with van der Waals surface area (Å²) in [5.74, 6) is 0.407. The van der Waals surface area contributed by atoms with Crippen LogP contribution in [0.1, 0.15) is 42.5 Å². The number of benzene rings is 2. The van der Waals surface area contributed by atoms with Crippen LogP contribution in [0.15, 0.2) is 65.7 Å². The van der Waals surface area contributed by atoms with Gasteiger partial charge in [0, 0.05) is 22.5 Å². The van der Waals surface area contributed by atoms with Gasteiger partial charge in [-0.25, -0.2) is 4.68 Å². The van der Waals surface area contributed by atoms with Crippen LogP contribution in [0.4, 0.5) is 0 Å². The van der Waals surface area contributed by atoms with E-state index >= 15 is 0 Å². The smallest absolute Gasteiger partial charge is 0.273 e. The van der Waals surface area contributed by atoms with Gasteiger partial charge in [0.05, 0.1) is 21.3 Å². The van der Waals surface area contributed by atoms with Gasteiger partial charge in [0.1, 0.15) is 11.2 Å². The third-order valence-electron chi connectivity index (χ3n) is 6.97. The first-order chi connectivity index (χ1) is 17.7. The molecule has 0 N–H and O–H groups in total. The van der Waals surface area contributed by atoms with Crippen molar-refractivity contribution in [2.24, 2.45) is 4.99 Å². The molecule has 0 fully saturated rings. The highest BCUT2D eigenvalue weighted by Gasteiger charge is 2.42. The highest BCUT2D eigenvalue weighted by atomic mass is 35.5. The molecule has 0 atom stereocenters. The van der Waals surface area contributed by atoms with Gasteiger partial charge >= 0.3 is 0 Å². The Balaban J connectivity index is 1.63. The highest BCUT2D eigenvalue weighted by molar-refractivity contribution is 7.15. The number of hydrogen-bond acceptors (Lipinski definition) is 4. The van der Waals surface area contributed by atoms with Gasteiger partial charge in [0.15, 0.2) is 5.84 Å². The Morgan fingerprint density at radius 1 is 1.00 bits per heavy atom. The van der Waals surface area contributed by atoms with Crippen molar-refractivity contribution < 1.29 is 4.79 Å². The zero-order valence-corrected chi connectivity index (χ0v) is 23.6. The van der Waals surface area contributed by atoms with Crippen LogP contribution in [-0.4, -0.2) is 39.0 Å². The lowest BCUT2D eigenvalue weighted by molar-refractivity contribution is -0.123. The van der Waals surface area contributed by atoms with Crippen LogP contribution < -0.4 is 0 Å². The van der Waals surface area contributed by atoms with E-state index in [0.717, 1.165) is 34.7 Å². The van der Waals surface area contributed by atoms with Gasteiger partial charge < -0.3 is 4.90 Å². The first kappa shape index (κ1) is 25.7. The van der Waals surface area contributed by atoms with Crippen LogP contribution in [0.5, 0.6) is 0 Å². The van der Waals surface area contributed by atoms with Crippen molar-refractivity contribution in [2.75, 3.05) is 7.05 Å². The van der Waals surface area contributed by atoms with Gasteiger partial charge in [-0.3, -0.25) is 4.79 Å². The molecule has 0 saturated carbocycles. The Bertz CT molecular complexity index is 1500. The molecule has 0 unspecified atom stereocenters. The number of halogens is 2. The SMILES string of the molecule is CCc1c(C2=NC(=O)C(C)(C)N2C)nn(-c2ccc(Cl)cc2Cl)c1-c1ccc(CCc2ccccc2)s1. The predicted molar refractivity (Wildman–Crippen MR) is 154 cm³/mol. The molecular formula is C29H28Cl2N4OS. The summed E-state index contributed by atoms with van der Waals surface area (Å²) < 4.78 is 1.88. The van der Waals surface area contributed by atoms with E-state index in [-0.39, 0.29) is 5.91 Å². The molecule has 4 aromatic rings.